The highest BCUT2D eigenvalue weighted by Crippen LogP contribution is 2.40. The number of ketones is 1. The number of likely N-dealkylation sites (tertiary alicyclic amines) is 1. The molecule has 0 saturated carbocycles. The van der Waals surface area contributed by atoms with Crippen molar-refractivity contribution < 1.29 is 19.4 Å². The molecule has 1 amide bonds. The van der Waals surface area contributed by atoms with Gasteiger partial charge in [0.1, 0.15) is 11.5 Å². The fraction of sp³-hybridized carbons (Fsp3) is 0.467. The van der Waals surface area contributed by atoms with E-state index in [0.717, 1.165) is 67.5 Å². The Labute approximate surface area is 229 Å². The third-order valence-electron chi connectivity index (χ3n) is 6.69. The Hall–Kier alpha value is -2.64. The van der Waals surface area contributed by atoms with Gasteiger partial charge in [-0.3, -0.25) is 9.59 Å². The summed E-state index contributed by atoms with van der Waals surface area (Å²) in [5.74, 6) is -0.641. The second kappa shape index (κ2) is 14.3. The minimum absolute atomic E-state index is 0.130. The maximum Gasteiger partial charge on any atom is 0.295 e. The summed E-state index contributed by atoms with van der Waals surface area (Å²) in [6.07, 6.45) is 5.34. The largest absolute Gasteiger partial charge is 0.507 e. The van der Waals surface area contributed by atoms with Crippen LogP contribution in [-0.4, -0.2) is 59.4 Å². The lowest BCUT2D eigenvalue weighted by atomic mass is 9.95. The van der Waals surface area contributed by atoms with Crippen molar-refractivity contribution in [1.82, 2.24) is 9.80 Å². The zero-order valence-corrected chi connectivity index (χ0v) is 23.8. The highest BCUT2D eigenvalue weighted by Gasteiger charge is 2.45. The molecule has 1 aliphatic heterocycles. The summed E-state index contributed by atoms with van der Waals surface area (Å²) >= 11 is 3.41. The number of carbonyl (C=O) groups excluding carboxylic acids is 2. The number of Topliss-reactive ketones (excluding diaryl/α,β-unsaturated/α-hetero) is 1. The Morgan fingerprint density at radius 2 is 1.51 bits per heavy atom. The molecule has 0 spiro atoms. The van der Waals surface area contributed by atoms with Gasteiger partial charge in [-0.25, -0.2) is 0 Å². The van der Waals surface area contributed by atoms with Gasteiger partial charge in [0.05, 0.1) is 18.2 Å². The maximum atomic E-state index is 13.3. The Bertz CT molecular complexity index is 1060. The number of carbonyl (C=O) groups is 2. The molecule has 0 bridgehead atoms. The second-order valence-corrected chi connectivity index (χ2v) is 10.3. The second-order valence-electron chi connectivity index (χ2n) is 9.40. The zero-order valence-electron chi connectivity index (χ0n) is 22.2. The minimum atomic E-state index is -0.654. The number of rotatable bonds is 14. The molecule has 1 heterocycles. The third-order valence-corrected chi connectivity index (χ3v) is 7.22. The molecule has 3 rings (SSSR count). The van der Waals surface area contributed by atoms with Gasteiger partial charge in [-0.15, -0.1) is 0 Å². The van der Waals surface area contributed by atoms with Crippen LogP contribution in [0.4, 0.5) is 0 Å². The first-order valence-electron chi connectivity index (χ1n) is 13.4. The SMILES string of the molecule is CCCCN(CCCC)CCCN1C(=O)C(=O)/C(=C(\O)c2ccc(Br)cc2)C1c1ccc(OCC)cc1. The van der Waals surface area contributed by atoms with Gasteiger partial charge in [0.2, 0.25) is 0 Å². The summed E-state index contributed by atoms with van der Waals surface area (Å²) in [5, 5.41) is 11.2. The van der Waals surface area contributed by atoms with E-state index in [1.807, 2.05) is 31.2 Å². The molecule has 0 aromatic heterocycles. The van der Waals surface area contributed by atoms with Gasteiger partial charge in [-0.1, -0.05) is 66.9 Å². The number of nitrogens with zero attached hydrogens (tertiary/aromatic N) is 2. The molecule has 1 aliphatic rings. The van der Waals surface area contributed by atoms with Crippen LogP contribution in [0.2, 0.25) is 0 Å². The fourth-order valence-electron chi connectivity index (χ4n) is 4.70. The molecule has 0 aliphatic carbocycles. The molecular weight excluding hydrogens is 532 g/mol. The van der Waals surface area contributed by atoms with Crippen molar-refractivity contribution in [3.63, 3.8) is 0 Å². The van der Waals surface area contributed by atoms with Crippen LogP contribution >= 0.6 is 15.9 Å². The quantitative estimate of drug-likeness (QED) is 0.158. The molecule has 1 unspecified atom stereocenters. The molecule has 1 atom stereocenters. The molecule has 1 N–H and O–H groups in total. The summed E-state index contributed by atoms with van der Waals surface area (Å²) < 4.78 is 6.45. The summed E-state index contributed by atoms with van der Waals surface area (Å²) in [7, 11) is 0. The Morgan fingerprint density at radius 1 is 0.919 bits per heavy atom. The lowest BCUT2D eigenvalue weighted by Gasteiger charge is -2.27. The number of benzene rings is 2. The first kappa shape index (κ1) is 28.9. The summed E-state index contributed by atoms with van der Waals surface area (Å²) in [4.78, 5) is 30.6. The number of aliphatic hydroxyl groups excluding tert-OH is 1. The lowest BCUT2D eigenvalue weighted by molar-refractivity contribution is -0.140. The summed E-state index contributed by atoms with van der Waals surface area (Å²) in [6.45, 7) is 10.3. The van der Waals surface area contributed by atoms with E-state index in [2.05, 4.69) is 34.7 Å². The van der Waals surface area contributed by atoms with E-state index in [1.54, 1.807) is 29.2 Å². The van der Waals surface area contributed by atoms with Gasteiger partial charge in [0, 0.05) is 16.6 Å². The van der Waals surface area contributed by atoms with Crippen molar-refractivity contribution in [1.29, 1.82) is 0 Å². The molecule has 37 heavy (non-hydrogen) atoms. The average molecular weight is 572 g/mol. The van der Waals surface area contributed by atoms with Crippen LogP contribution in [0, 0.1) is 0 Å². The Morgan fingerprint density at radius 3 is 2.08 bits per heavy atom. The molecule has 1 saturated heterocycles. The molecule has 6 nitrogen and oxygen atoms in total. The Kier molecular flexibility index (Phi) is 11.2. The van der Waals surface area contributed by atoms with Gasteiger partial charge in [0.25, 0.3) is 11.7 Å². The first-order valence-corrected chi connectivity index (χ1v) is 14.2. The smallest absolute Gasteiger partial charge is 0.295 e. The number of unbranched alkanes of at least 4 members (excludes halogenated alkanes) is 2. The van der Waals surface area contributed by atoms with E-state index in [-0.39, 0.29) is 11.3 Å². The van der Waals surface area contributed by atoms with Crippen molar-refractivity contribution >= 4 is 33.4 Å². The molecule has 1 fully saturated rings. The molecule has 200 valence electrons. The number of hydrogen-bond donors (Lipinski definition) is 1. The number of halogens is 1. The van der Waals surface area contributed by atoms with E-state index < -0.39 is 17.7 Å². The van der Waals surface area contributed by atoms with Gasteiger partial charge in [0.15, 0.2) is 0 Å². The predicted octanol–water partition coefficient (Wildman–Crippen LogP) is 6.56. The predicted molar refractivity (Wildman–Crippen MR) is 152 cm³/mol. The molecule has 2 aromatic carbocycles. The van der Waals surface area contributed by atoms with E-state index >= 15 is 0 Å². The first-order chi connectivity index (χ1) is 17.9. The molecule has 0 radical (unpaired) electrons. The van der Waals surface area contributed by atoms with Gasteiger partial charge in [-0.2, -0.15) is 0 Å². The minimum Gasteiger partial charge on any atom is -0.507 e. The molecule has 2 aromatic rings. The number of aliphatic hydroxyl groups is 1. The van der Waals surface area contributed by atoms with E-state index in [0.29, 0.717) is 18.7 Å². The van der Waals surface area contributed by atoms with Gasteiger partial charge < -0.3 is 19.6 Å². The van der Waals surface area contributed by atoms with Crippen LogP contribution in [0.5, 0.6) is 5.75 Å². The van der Waals surface area contributed by atoms with Crippen LogP contribution < -0.4 is 4.74 Å². The summed E-state index contributed by atoms with van der Waals surface area (Å²) in [5.41, 5.74) is 1.41. The number of hydrogen-bond acceptors (Lipinski definition) is 5. The van der Waals surface area contributed by atoms with Crippen molar-refractivity contribution in [2.24, 2.45) is 0 Å². The maximum absolute atomic E-state index is 13.3. The van der Waals surface area contributed by atoms with Crippen LogP contribution in [0.25, 0.3) is 5.76 Å². The highest BCUT2D eigenvalue weighted by atomic mass is 79.9. The van der Waals surface area contributed by atoms with Crippen molar-refractivity contribution in [3.05, 3.63) is 69.7 Å². The van der Waals surface area contributed by atoms with E-state index in [1.165, 1.54) is 0 Å². The van der Waals surface area contributed by atoms with Crippen molar-refractivity contribution in [2.75, 3.05) is 32.8 Å². The normalized spacial score (nSPS) is 17.1. The van der Waals surface area contributed by atoms with E-state index in [4.69, 9.17) is 4.74 Å². The third kappa shape index (κ3) is 7.45. The van der Waals surface area contributed by atoms with Gasteiger partial charge >= 0.3 is 0 Å². The van der Waals surface area contributed by atoms with Crippen molar-refractivity contribution in [3.8, 4) is 5.75 Å². The zero-order chi connectivity index (χ0) is 26.8. The standard InChI is InChI=1S/C30H39BrN2O4/c1-4-7-18-32(19-8-5-2)20-9-21-33-27(22-12-16-25(17-13-22)37-6-3)26(29(35)30(33)36)28(34)23-10-14-24(31)15-11-23/h10-17,27,34H,4-9,18-21H2,1-3H3/b28-26-. The summed E-state index contributed by atoms with van der Waals surface area (Å²) in [6, 6.07) is 13.9. The fourth-order valence-corrected chi connectivity index (χ4v) is 4.96. The van der Waals surface area contributed by atoms with Crippen LogP contribution in [0.15, 0.2) is 58.6 Å². The lowest BCUT2D eigenvalue weighted by Crippen LogP contribution is -2.34. The number of ether oxygens (including phenoxy) is 1. The number of amides is 1. The molecule has 7 heteroatoms. The Balaban J connectivity index is 1.92. The topological polar surface area (TPSA) is 70.1 Å². The van der Waals surface area contributed by atoms with Crippen LogP contribution in [-0.2, 0) is 9.59 Å². The van der Waals surface area contributed by atoms with Crippen LogP contribution in [0.3, 0.4) is 0 Å². The highest BCUT2D eigenvalue weighted by molar-refractivity contribution is 9.10. The van der Waals surface area contributed by atoms with Gasteiger partial charge in [-0.05, 0) is 75.6 Å². The molecular formula is C30H39BrN2O4. The average Bonchev–Trinajstić information content (AvgIpc) is 3.15. The van der Waals surface area contributed by atoms with Crippen molar-refractivity contribution in [2.45, 2.75) is 58.9 Å². The monoisotopic (exact) mass is 570 g/mol. The van der Waals surface area contributed by atoms with E-state index in [9.17, 15) is 14.7 Å². The van der Waals surface area contributed by atoms with Crippen LogP contribution in [0.1, 0.15) is 70.0 Å².